The molecule has 0 amide bonds. The molecule has 0 heterocycles. The zero-order valence-electron chi connectivity index (χ0n) is 21.1. The first kappa shape index (κ1) is 26.0. The molecule has 2 unspecified atom stereocenters. The normalized spacial score (nSPS) is 15.2. The van der Waals surface area contributed by atoms with E-state index in [1.165, 1.54) is 12.0 Å². The molecule has 0 saturated heterocycles. The highest BCUT2D eigenvalue weighted by Gasteiger charge is 2.30. The van der Waals surface area contributed by atoms with Gasteiger partial charge < -0.3 is 9.47 Å². The molecule has 29 heavy (non-hydrogen) atoms. The van der Waals surface area contributed by atoms with E-state index in [9.17, 15) is 0 Å². The van der Waals surface area contributed by atoms with Gasteiger partial charge in [0.2, 0.25) is 0 Å². The van der Waals surface area contributed by atoms with Crippen LogP contribution in [0.25, 0.3) is 0 Å². The van der Waals surface area contributed by atoms with Crippen molar-refractivity contribution in [1.29, 1.82) is 0 Å². The number of hydrogen-bond acceptors (Lipinski definition) is 2. The molecule has 0 spiro atoms. The van der Waals surface area contributed by atoms with Crippen molar-refractivity contribution in [2.24, 2.45) is 28.6 Å². The predicted molar refractivity (Wildman–Crippen MR) is 127 cm³/mol. The molecule has 2 nitrogen and oxygen atoms in total. The highest BCUT2D eigenvalue weighted by Crippen LogP contribution is 2.43. The summed E-state index contributed by atoms with van der Waals surface area (Å²) in [6.07, 6.45) is 1.91. The monoisotopic (exact) mass is 404 g/mol. The van der Waals surface area contributed by atoms with Crippen LogP contribution in [0.15, 0.2) is 24.3 Å². The van der Waals surface area contributed by atoms with Crippen LogP contribution < -0.4 is 4.74 Å². The summed E-state index contributed by atoms with van der Waals surface area (Å²) < 4.78 is 12.2. The van der Waals surface area contributed by atoms with Crippen molar-refractivity contribution < 1.29 is 9.47 Å². The summed E-state index contributed by atoms with van der Waals surface area (Å²) in [7, 11) is 0. The molecular weight excluding hydrogens is 356 g/mol. The van der Waals surface area contributed by atoms with Crippen LogP contribution in [0.4, 0.5) is 0 Å². The summed E-state index contributed by atoms with van der Waals surface area (Å²) in [6.45, 7) is 25.9. The maximum Gasteiger partial charge on any atom is 0.200 e. The van der Waals surface area contributed by atoms with Crippen molar-refractivity contribution in [3.8, 4) is 5.75 Å². The molecule has 0 saturated carbocycles. The summed E-state index contributed by atoms with van der Waals surface area (Å²) >= 11 is 0. The molecule has 1 aromatic rings. The van der Waals surface area contributed by atoms with E-state index in [4.69, 9.17) is 9.47 Å². The molecule has 0 aromatic heterocycles. The summed E-state index contributed by atoms with van der Waals surface area (Å²) in [6, 6.07) is 8.76. The van der Waals surface area contributed by atoms with Crippen molar-refractivity contribution in [2.45, 2.75) is 101 Å². The third-order valence-electron chi connectivity index (χ3n) is 5.94. The number of benzene rings is 1. The van der Waals surface area contributed by atoms with E-state index in [0.29, 0.717) is 35.7 Å². The van der Waals surface area contributed by atoms with Gasteiger partial charge in [0.25, 0.3) is 0 Å². The first-order valence-corrected chi connectivity index (χ1v) is 11.6. The Morgan fingerprint density at radius 3 is 1.72 bits per heavy atom. The Balaban J connectivity index is 2.96. The van der Waals surface area contributed by atoms with Crippen LogP contribution in [0.1, 0.15) is 100 Å². The van der Waals surface area contributed by atoms with E-state index < -0.39 is 0 Å². The van der Waals surface area contributed by atoms with Crippen molar-refractivity contribution in [2.75, 3.05) is 6.61 Å². The second kappa shape index (κ2) is 10.8. The Morgan fingerprint density at radius 1 is 0.828 bits per heavy atom. The molecule has 1 rings (SSSR count). The minimum Gasteiger partial charge on any atom is -0.465 e. The third-order valence-corrected chi connectivity index (χ3v) is 5.94. The van der Waals surface area contributed by atoms with Crippen LogP contribution in [-0.2, 0) is 4.74 Å². The van der Waals surface area contributed by atoms with Crippen molar-refractivity contribution in [1.82, 2.24) is 0 Å². The number of hydrogen-bond donors (Lipinski definition) is 0. The Bertz CT molecular complexity index is 564. The van der Waals surface area contributed by atoms with Crippen LogP contribution in [0.2, 0.25) is 0 Å². The van der Waals surface area contributed by atoms with E-state index in [0.717, 1.165) is 12.2 Å². The second-order valence-electron chi connectivity index (χ2n) is 11.6. The quantitative estimate of drug-likeness (QED) is 0.365. The molecule has 1 aromatic carbocycles. The van der Waals surface area contributed by atoms with Gasteiger partial charge in [0, 0.05) is 13.0 Å². The highest BCUT2D eigenvalue weighted by molar-refractivity contribution is 5.30. The summed E-state index contributed by atoms with van der Waals surface area (Å²) in [5.41, 5.74) is 1.93. The molecule has 0 aliphatic rings. The molecule has 0 bridgehead atoms. The molecule has 0 aliphatic carbocycles. The van der Waals surface area contributed by atoms with E-state index in [1.54, 1.807) is 0 Å². The van der Waals surface area contributed by atoms with Crippen molar-refractivity contribution in [3.63, 3.8) is 0 Å². The summed E-state index contributed by atoms with van der Waals surface area (Å²) in [5.74, 6) is 3.25. The van der Waals surface area contributed by atoms with Gasteiger partial charge in [0.1, 0.15) is 5.75 Å². The van der Waals surface area contributed by atoms with Crippen molar-refractivity contribution in [3.05, 3.63) is 29.8 Å². The Labute approximate surface area is 181 Å². The fourth-order valence-corrected chi connectivity index (χ4v) is 4.34. The fraction of sp³-hybridized carbons (Fsp3) is 0.778. The third kappa shape index (κ3) is 9.11. The average molecular weight is 405 g/mol. The topological polar surface area (TPSA) is 18.5 Å². The molecule has 0 aliphatic heterocycles. The van der Waals surface area contributed by atoms with Gasteiger partial charge >= 0.3 is 0 Å². The van der Waals surface area contributed by atoms with Gasteiger partial charge in [-0.2, -0.15) is 0 Å². The molecule has 0 fully saturated rings. The number of rotatable bonds is 10. The minimum atomic E-state index is -0.186. The van der Waals surface area contributed by atoms with E-state index in [-0.39, 0.29) is 11.7 Å². The smallest absolute Gasteiger partial charge is 0.200 e. The lowest BCUT2D eigenvalue weighted by Crippen LogP contribution is -2.28. The Morgan fingerprint density at radius 2 is 1.34 bits per heavy atom. The van der Waals surface area contributed by atoms with E-state index >= 15 is 0 Å². The highest BCUT2D eigenvalue weighted by atomic mass is 16.7. The van der Waals surface area contributed by atoms with Gasteiger partial charge in [-0.05, 0) is 65.5 Å². The van der Waals surface area contributed by atoms with Gasteiger partial charge in [-0.25, -0.2) is 0 Å². The maximum atomic E-state index is 6.28. The summed E-state index contributed by atoms with van der Waals surface area (Å²) in [5, 5.41) is 0. The van der Waals surface area contributed by atoms with Gasteiger partial charge in [0.05, 0.1) is 0 Å². The second-order valence-corrected chi connectivity index (χ2v) is 11.6. The van der Waals surface area contributed by atoms with Crippen molar-refractivity contribution >= 4 is 0 Å². The number of ether oxygens (including phenoxy) is 2. The van der Waals surface area contributed by atoms with E-state index in [1.807, 2.05) is 6.92 Å². The average Bonchev–Trinajstić information content (AvgIpc) is 2.56. The molecule has 0 N–H and O–H groups in total. The van der Waals surface area contributed by atoms with Crippen LogP contribution >= 0.6 is 0 Å². The zero-order chi connectivity index (χ0) is 22.4. The van der Waals surface area contributed by atoms with Gasteiger partial charge in [-0.1, -0.05) is 81.4 Å². The fourth-order valence-electron chi connectivity index (χ4n) is 4.34. The lowest BCUT2D eigenvalue weighted by atomic mass is 9.69. The first-order chi connectivity index (χ1) is 13.2. The summed E-state index contributed by atoms with van der Waals surface area (Å²) in [4.78, 5) is 0. The lowest BCUT2D eigenvalue weighted by Gasteiger charge is -2.36. The molecular formula is C27H48O2. The predicted octanol–water partition coefficient (Wildman–Crippen LogP) is 8.31. The molecule has 2 heteroatoms. The van der Waals surface area contributed by atoms with Crippen LogP contribution in [0.3, 0.4) is 0 Å². The largest absolute Gasteiger partial charge is 0.465 e. The zero-order valence-corrected chi connectivity index (χ0v) is 21.1. The van der Waals surface area contributed by atoms with Crippen LogP contribution in [0, 0.1) is 28.6 Å². The Hall–Kier alpha value is -1.02. The van der Waals surface area contributed by atoms with Gasteiger partial charge in [0.15, 0.2) is 6.29 Å². The SMILES string of the molecule is CCOC(CC(C(C)C)C(C)C)Oc1ccc(C(CC(C)(C)C)C(C)(C)C)cc1. The lowest BCUT2D eigenvalue weighted by molar-refractivity contribution is -0.0948. The van der Waals surface area contributed by atoms with Gasteiger partial charge in [-0.15, -0.1) is 0 Å². The molecule has 168 valence electrons. The Kier molecular flexibility index (Phi) is 9.73. The van der Waals surface area contributed by atoms with E-state index in [2.05, 4.69) is 93.5 Å². The maximum absolute atomic E-state index is 6.28. The minimum absolute atomic E-state index is 0.186. The molecule has 2 atom stereocenters. The first-order valence-electron chi connectivity index (χ1n) is 11.6. The van der Waals surface area contributed by atoms with Gasteiger partial charge in [-0.3, -0.25) is 0 Å². The van der Waals surface area contributed by atoms with Crippen LogP contribution in [-0.4, -0.2) is 12.9 Å². The van der Waals surface area contributed by atoms with Crippen LogP contribution in [0.5, 0.6) is 5.75 Å². The molecule has 0 radical (unpaired) electrons. The standard InChI is InChI=1S/C27H48O2/c1-12-28-25(17-23(19(2)3)20(4)5)29-22-15-13-21(14-16-22)24(27(9,10)11)18-26(6,7)8/h13-16,19-20,23-25H,12,17-18H2,1-11H3.